The van der Waals surface area contributed by atoms with Crippen molar-refractivity contribution in [2.75, 3.05) is 6.54 Å². The van der Waals surface area contributed by atoms with Gasteiger partial charge >= 0.3 is 6.09 Å². The maximum atomic E-state index is 12.5. The molecular weight excluding hydrogens is 416 g/mol. The van der Waals surface area contributed by atoms with E-state index in [-0.39, 0.29) is 19.1 Å². The maximum Gasteiger partial charge on any atom is 0.407 e. The molecule has 0 fully saturated rings. The average Bonchev–Trinajstić information content (AvgIpc) is 2.84. The van der Waals surface area contributed by atoms with Crippen molar-refractivity contribution in [2.45, 2.75) is 38.6 Å². The molecule has 0 heterocycles. The van der Waals surface area contributed by atoms with Gasteiger partial charge in [-0.05, 0) is 23.1 Å². The molecule has 0 bridgehead atoms. The summed E-state index contributed by atoms with van der Waals surface area (Å²) in [5.41, 5.74) is 2.80. The Hall–Kier alpha value is -3.64. The Morgan fingerprint density at radius 1 is 0.848 bits per heavy atom. The second-order valence-corrected chi connectivity index (χ2v) is 7.95. The van der Waals surface area contributed by atoms with Crippen LogP contribution in [0.4, 0.5) is 4.79 Å². The smallest absolute Gasteiger partial charge is 0.407 e. The third-order valence-corrected chi connectivity index (χ3v) is 5.35. The lowest BCUT2D eigenvalue weighted by Crippen LogP contribution is -2.50. The van der Waals surface area contributed by atoms with Crippen molar-refractivity contribution in [2.24, 2.45) is 0 Å². The molecule has 0 aromatic heterocycles. The first-order valence-corrected chi connectivity index (χ1v) is 11.0. The highest BCUT2D eigenvalue weighted by Crippen LogP contribution is 2.12. The van der Waals surface area contributed by atoms with Crippen molar-refractivity contribution in [1.29, 1.82) is 0 Å². The molecule has 0 saturated heterocycles. The number of amides is 2. The molecule has 6 heteroatoms. The summed E-state index contributed by atoms with van der Waals surface area (Å²) in [5.74, 6) is -0.150. The first-order chi connectivity index (χ1) is 16.0. The summed E-state index contributed by atoms with van der Waals surface area (Å²) < 4.78 is 5.35. The molecule has 2 amide bonds. The van der Waals surface area contributed by atoms with Gasteiger partial charge in [0.15, 0.2) is 0 Å². The van der Waals surface area contributed by atoms with Crippen molar-refractivity contribution >= 4 is 12.0 Å². The summed E-state index contributed by atoms with van der Waals surface area (Å²) in [5, 5.41) is 13.8. The van der Waals surface area contributed by atoms with Crippen molar-refractivity contribution in [1.82, 2.24) is 10.2 Å². The molecule has 3 aromatic carbocycles. The van der Waals surface area contributed by atoms with E-state index < -0.39 is 18.2 Å². The second-order valence-electron chi connectivity index (χ2n) is 7.95. The Kier molecular flexibility index (Phi) is 9.03. The van der Waals surface area contributed by atoms with Crippen LogP contribution in [0.15, 0.2) is 91.0 Å². The van der Waals surface area contributed by atoms with E-state index in [0.29, 0.717) is 13.0 Å². The van der Waals surface area contributed by atoms with E-state index in [1.807, 2.05) is 91.0 Å². The van der Waals surface area contributed by atoms with Crippen LogP contribution in [0.3, 0.4) is 0 Å². The Labute approximate surface area is 194 Å². The standard InChI is InChI=1S/C27H30N2O4/c1-21(30)29(18-23-13-7-3-8-14-23)19-26(31)25(17-22-11-5-2-6-12-22)28-27(32)33-20-24-15-9-4-10-16-24/h2-16,25-26,31H,17-20H2,1H3,(H,28,32). The molecule has 6 nitrogen and oxygen atoms in total. The number of aliphatic hydroxyl groups excluding tert-OH is 1. The molecule has 0 saturated carbocycles. The SMILES string of the molecule is CC(=O)N(Cc1ccccc1)CC(O)C(Cc1ccccc1)NC(=O)OCc1ccccc1. The summed E-state index contributed by atoms with van der Waals surface area (Å²) in [4.78, 5) is 26.3. The van der Waals surface area contributed by atoms with Gasteiger partial charge in [0.05, 0.1) is 12.1 Å². The summed E-state index contributed by atoms with van der Waals surface area (Å²) >= 11 is 0. The monoisotopic (exact) mass is 446 g/mol. The minimum Gasteiger partial charge on any atom is -0.445 e. The molecule has 2 N–H and O–H groups in total. The second kappa shape index (κ2) is 12.4. The van der Waals surface area contributed by atoms with Crippen LogP contribution in [0.2, 0.25) is 0 Å². The van der Waals surface area contributed by atoms with Crippen molar-refractivity contribution < 1.29 is 19.4 Å². The van der Waals surface area contributed by atoms with Crippen LogP contribution >= 0.6 is 0 Å². The van der Waals surface area contributed by atoms with E-state index in [1.165, 1.54) is 6.92 Å². The molecule has 33 heavy (non-hydrogen) atoms. The number of alkyl carbamates (subject to hydrolysis) is 1. The largest absolute Gasteiger partial charge is 0.445 e. The first-order valence-electron chi connectivity index (χ1n) is 11.0. The van der Waals surface area contributed by atoms with Gasteiger partial charge in [-0.15, -0.1) is 0 Å². The molecule has 172 valence electrons. The molecule has 0 aliphatic heterocycles. The van der Waals surface area contributed by atoms with E-state index in [2.05, 4.69) is 5.32 Å². The van der Waals surface area contributed by atoms with Crippen molar-refractivity contribution in [3.63, 3.8) is 0 Å². The fourth-order valence-electron chi connectivity index (χ4n) is 3.53. The zero-order valence-electron chi connectivity index (χ0n) is 18.8. The van der Waals surface area contributed by atoms with Gasteiger partial charge in [0, 0.05) is 20.0 Å². The number of hydrogen-bond acceptors (Lipinski definition) is 4. The third-order valence-electron chi connectivity index (χ3n) is 5.35. The van der Waals surface area contributed by atoms with Gasteiger partial charge in [0.1, 0.15) is 6.61 Å². The molecule has 0 radical (unpaired) electrons. The van der Waals surface area contributed by atoms with Gasteiger partial charge in [-0.2, -0.15) is 0 Å². The maximum absolute atomic E-state index is 12.5. The topological polar surface area (TPSA) is 78.9 Å². The lowest BCUT2D eigenvalue weighted by Gasteiger charge is -2.29. The van der Waals surface area contributed by atoms with E-state index in [0.717, 1.165) is 16.7 Å². The average molecular weight is 447 g/mol. The highest BCUT2D eigenvalue weighted by Gasteiger charge is 2.26. The zero-order valence-corrected chi connectivity index (χ0v) is 18.8. The van der Waals surface area contributed by atoms with Crippen LogP contribution in [0.25, 0.3) is 0 Å². The number of benzene rings is 3. The lowest BCUT2D eigenvalue weighted by molar-refractivity contribution is -0.131. The molecule has 0 aliphatic rings. The number of nitrogens with one attached hydrogen (secondary N) is 1. The van der Waals surface area contributed by atoms with Crippen LogP contribution in [0.5, 0.6) is 0 Å². The Morgan fingerprint density at radius 2 is 1.36 bits per heavy atom. The minimum atomic E-state index is -0.984. The third kappa shape index (κ3) is 8.09. The number of carbonyl (C=O) groups is 2. The molecule has 3 rings (SSSR count). The van der Waals surface area contributed by atoms with Gasteiger partial charge in [0.25, 0.3) is 0 Å². The van der Waals surface area contributed by atoms with Crippen molar-refractivity contribution in [3.8, 4) is 0 Å². The predicted octanol–water partition coefficient (Wildman–Crippen LogP) is 3.93. The molecule has 0 aliphatic carbocycles. The van der Waals surface area contributed by atoms with E-state index in [9.17, 15) is 14.7 Å². The highest BCUT2D eigenvalue weighted by atomic mass is 16.5. The zero-order chi connectivity index (χ0) is 23.5. The highest BCUT2D eigenvalue weighted by molar-refractivity contribution is 5.73. The van der Waals surface area contributed by atoms with E-state index in [4.69, 9.17) is 4.74 Å². The first kappa shape index (κ1) is 24.0. The normalized spacial score (nSPS) is 12.4. The Bertz CT molecular complexity index is 996. The number of rotatable bonds is 10. The predicted molar refractivity (Wildman–Crippen MR) is 127 cm³/mol. The quantitative estimate of drug-likeness (QED) is 0.495. The minimum absolute atomic E-state index is 0.0840. The summed E-state index contributed by atoms with van der Waals surface area (Å²) in [6, 6.07) is 28.0. The van der Waals surface area contributed by atoms with Crippen LogP contribution in [-0.2, 0) is 29.1 Å². The fraction of sp³-hybridized carbons (Fsp3) is 0.259. The summed E-state index contributed by atoms with van der Waals surface area (Å²) in [7, 11) is 0. The molecule has 2 unspecified atom stereocenters. The number of nitrogens with zero attached hydrogens (tertiary/aromatic N) is 1. The summed E-state index contributed by atoms with van der Waals surface area (Å²) in [6.07, 6.45) is -1.20. The molecule has 3 aromatic rings. The van der Waals surface area contributed by atoms with Gasteiger partial charge in [-0.3, -0.25) is 4.79 Å². The van der Waals surface area contributed by atoms with E-state index in [1.54, 1.807) is 4.90 Å². The number of carbonyl (C=O) groups excluding carboxylic acids is 2. The van der Waals surface area contributed by atoms with Crippen LogP contribution < -0.4 is 5.32 Å². The van der Waals surface area contributed by atoms with Crippen LogP contribution in [-0.4, -0.2) is 40.7 Å². The van der Waals surface area contributed by atoms with Gasteiger partial charge < -0.3 is 20.1 Å². The summed E-state index contributed by atoms with van der Waals surface area (Å²) in [6.45, 7) is 2.07. The fourth-order valence-corrected chi connectivity index (χ4v) is 3.53. The lowest BCUT2D eigenvalue weighted by atomic mass is 10.0. The molecular formula is C27H30N2O4. The number of aliphatic hydroxyl groups is 1. The number of hydrogen-bond donors (Lipinski definition) is 2. The Morgan fingerprint density at radius 3 is 1.91 bits per heavy atom. The Balaban J connectivity index is 1.67. The van der Waals surface area contributed by atoms with Crippen molar-refractivity contribution in [3.05, 3.63) is 108 Å². The molecule has 0 spiro atoms. The van der Waals surface area contributed by atoms with Crippen LogP contribution in [0.1, 0.15) is 23.6 Å². The number of ether oxygens (including phenoxy) is 1. The van der Waals surface area contributed by atoms with E-state index >= 15 is 0 Å². The van der Waals surface area contributed by atoms with Gasteiger partial charge in [0.2, 0.25) is 5.91 Å². The van der Waals surface area contributed by atoms with Gasteiger partial charge in [-0.1, -0.05) is 91.0 Å². The van der Waals surface area contributed by atoms with Crippen LogP contribution in [0, 0.1) is 0 Å². The molecule has 2 atom stereocenters. The van der Waals surface area contributed by atoms with Gasteiger partial charge in [-0.25, -0.2) is 4.79 Å².